The van der Waals surface area contributed by atoms with E-state index >= 15 is 0 Å². The Kier molecular flexibility index (Phi) is 6.31. The van der Waals surface area contributed by atoms with Gasteiger partial charge in [-0.1, -0.05) is 41.1 Å². The van der Waals surface area contributed by atoms with E-state index in [1.807, 2.05) is 31.2 Å². The van der Waals surface area contributed by atoms with E-state index in [1.165, 1.54) is 18.2 Å². The smallest absolute Gasteiger partial charge is 0.273 e. The van der Waals surface area contributed by atoms with E-state index in [9.17, 15) is 14.9 Å². The number of rotatable bonds is 7. The largest absolute Gasteiger partial charge is 0.484 e. The van der Waals surface area contributed by atoms with Crippen molar-refractivity contribution in [3.63, 3.8) is 0 Å². The summed E-state index contributed by atoms with van der Waals surface area (Å²) in [6.45, 7) is 1.78. The first-order chi connectivity index (χ1) is 11.5. The number of nitrogens with zero attached hydrogens (tertiary/aromatic N) is 1. The standard InChI is InChI=1S/C17H17BrN2O4/c1-2-16(12-6-8-13(18)9-7-12)19-17(21)11-24-15-5-3-4-14(10-15)20(22)23/h3-10,16H,2,11H2,1H3,(H,19,21). The highest BCUT2D eigenvalue weighted by molar-refractivity contribution is 9.10. The van der Waals surface area contributed by atoms with Gasteiger partial charge < -0.3 is 10.1 Å². The van der Waals surface area contributed by atoms with Crippen LogP contribution in [-0.4, -0.2) is 17.4 Å². The van der Waals surface area contributed by atoms with Crippen LogP contribution in [0.25, 0.3) is 0 Å². The number of carbonyl (C=O) groups is 1. The second-order valence-electron chi connectivity index (χ2n) is 5.12. The number of nitro groups is 1. The second kappa shape index (κ2) is 8.44. The van der Waals surface area contributed by atoms with E-state index in [2.05, 4.69) is 21.2 Å². The maximum absolute atomic E-state index is 12.1. The molecular formula is C17H17BrN2O4. The minimum absolute atomic E-state index is 0.0748. The van der Waals surface area contributed by atoms with Crippen LogP contribution in [0.1, 0.15) is 24.9 Å². The molecule has 6 nitrogen and oxygen atoms in total. The summed E-state index contributed by atoms with van der Waals surface area (Å²) in [5.41, 5.74) is 0.929. The minimum atomic E-state index is -0.506. The SMILES string of the molecule is CCC(NC(=O)COc1cccc([N+](=O)[O-])c1)c1ccc(Br)cc1. The number of halogens is 1. The summed E-state index contributed by atoms with van der Waals surface area (Å²) < 4.78 is 6.31. The summed E-state index contributed by atoms with van der Waals surface area (Å²) in [7, 11) is 0. The number of benzene rings is 2. The number of nitrogens with one attached hydrogen (secondary N) is 1. The highest BCUT2D eigenvalue weighted by Crippen LogP contribution is 2.20. The van der Waals surface area contributed by atoms with Crippen LogP contribution in [0.4, 0.5) is 5.69 Å². The zero-order valence-electron chi connectivity index (χ0n) is 13.1. The van der Waals surface area contributed by atoms with Gasteiger partial charge >= 0.3 is 0 Å². The number of hydrogen-bond acceptors (Lipinski definition) is 4. The summed E-state index contributed by atoms with van der Waals surface area (Å²) in [5, 5.41) is 13.6. The minimum Gasteiger partial charge on any atom is -0.484 e. The fraction of sp³-hybridized carbons (Fsp3) is 0.235. The predicted octanol–water partition coefficient (Wildman–Crippen LogP) is 4.00. The third-order valence-electron chi connectivity index (χ3n) is 3.41. The molecule has 7 heteroatoms. The lowest BCUT2D eigenvalue weighted by molar-refractivity contribution is -0.384. The monoisotopic (exact) mass is 392 g/mol. The fourth-order valence-corrected chi connectivity index (χ4v) is 2.45. The molecule has 2 aromatic rings. The van der Waals surface area contributed by atoms with Crippen molar-refractivity contribution in [3.8, 4) is 5.75 Å². The van der Waals surface area contributed by atoms with Crippen LogP contribution in [0.2, 0.25) is 0 Å². The molecule has 1 unspecified atom stereocenters. The normalized spacial score (nSPS) is 11.6. The van der Waals surface area contributed by atoms with Gasteiger partial charge in [0.05, 0.1) is 17.0 Å². The molecule has 24 heavy (non-hydrogen) atoms. The molecule has 0 spiro atoms. The molecule has 0 radical (unpaired) electrons. The third-order valence-corrected chi connectivity index (χ3v) is 3.94. The summed E-state index contributed by atoms with van der Waals surface area (Å²) in [4.78, 5) is 22.3. The summed E-state index contributed by atoms with van der Waals surface area (Å²) in [5.74, 6) is 0.00677. The molecule has 0 aliphatic heterocycles. The van der Waals surface area contributed by atoms with Crippen molar-refractivity contribution >= 4 is 27.5 Å². The van der Waals surface area contributed by atoms with Crippen LogP contribution in [0.3, 0.4) is 0 Å². The maximum atomic E-state index is 12.1. The Bertz CT molecular complexity index is 719. The van der Waals surface area contributed by atoms with Crippen molar-refractivity contribution in [1.82, 2.24) is 5.32 Å². The van der Waals surface area contributed by atoms with Crippen molar-refractivity contribution in [2.24, 2.45) is 0 Å². The van der Waals surface area contributed by atoms with E-state index in [-0.39, 0.29) is 30.0 Å². The molecule has 126 valence electrons. The molecule has 0 fully saturated rings. The molecule has 1 amide bonds. The van der Waals surface area contributed by atoms with Gasteiger partial charge in [-0.15, -0.1) is 0 Å². The molecule has 0 saturated carbocycles. The van der Waals surface area contributed by atoms with Crippen LogP contribution in [0.5, 0.6) is 5.75 Å². The average molecular weight is 393 g/mol. The van der Waals surface area contributed by atoms with Crippen molar-refractivity contribution in [1.29, 1.82) is 0 Å². The number of ether oxygens (including phenoxy) is 1. The third kappa shape index (κ3) is 5.06. The van der Waals surface area contributed by atoms with Crippen molar-refractivity contribution in [2.45, 2.75) is 19.4 Å². The van der Waals surface area contributed by atoms with Gasteiger partial charge in [-0.05, 0) is 30.2 Å². The van der Waals surface area contributed by atoms with Gasteiger partial charge in [0.15, 0.2) is 6.61 Å². The molecule has 2 aromatic carbocycles. The lowest BCUT2D eigenvalue weighted by Crippen LogP contribution is -2.32. The summed E-state index contributed by atoms with van der Waals surface area (Å²) >= 11 is 3.38. The van der Waals surface area contributed by atoms with E-state index in [0.717, 1.165) is 16.5 Å². The van der Waals surface area contributed by atoms with Gasteiger partial charge in [-0.3, -0.25) is 14.9 Å². The highest BCUT2D eigenvalue weighted by atomic mass is 79.9. The molecule has 0 heterocycles. The van der Waals surface area contributed by atoms with Crippen LogP contribution < -0.4 is 10.1 Å². The van der Waals surface area contributed by atoms with E-state index in [0.29, 0.717) is 0 Å². The average Bonchev–Trinajstić information content (AvgIpc) is 2.59. The molecule has 0 aliphatic carbocycles. The lowest BCUT2D eigenvalue weighted by Gasteiger charge is -2.17. The zero-order valence-corrected chi connectivity index (χ0v) is 14.7. The lowest BCUT2D eigenvalue weighted by atomic mass is 10.0. The van der Waals surface area contributed by atoms with E-state index in [4.69, 9.17) is 4.74 Å². The van der Waals surface area contributed by atoms with Crippen LogP contribution in [0, 0.1) is 10.1 Å². The first-order valence-electron chi connectivity index (χ1n) is 7.41. The van der Waals surface area contributed by atoms with Crippen molar-refractivity contribution < 1.29 is 14.5 Å². The molecule has 0 aromatic heterocycles. The van der Waals surface area contributed by atoms with Crippen LogP contribution in [0.15, 0.2) is 53.0 Å². The van der Waals surface area contributed by atoms with Gasteiger partial charge in [-0.2, -0.15) is 0 Å². The Morgan fingerprint density at radius 1 is 1.29 bits per heavy atom. The zero-order chi connectivity index (χ0) is 17.5. The van der Waals surface area contributed by atoms with Crippen LogP contribution >= 0.6 is 15.9 Å². The van der Waals surface area contributed by atoms with Gasteiger partial charge in [0.2, 0.25) is 0 Å². The van der Waals surface area contributed by atoms with Crippen LogP contribution in [-0.2, 0) is 4.79 Å². The maximum Gasteiger partial charge on any atom is 0.273 e. The predicted molar refractivity (Wildman–Crippen MR) is 93.9 cm³/mol. The highest BCUT2D eigenvalue weighted by Gasteiger charge is 2.14. The quantitative estimate of drug-likeness (QED) is 0.570. The summed E-state index contributed by atoms with van der Waals surface area (Å²) in [6.07, 6.45) is 0.740. The molecule has 1 N–H and O–H groups in total. The number of carbonyl (C=O) groups excluding carboxylic acids is 1. The topological polar surface area (TPSA) is 81.5 Å². The van der Waals surface area contributed by atoms with E-state index in [1.54, 1.807) is 6.07 Å². The van der Waals surface area contributed by atoms with Crippen molar-refractivity contribution in [2.75, 3.05) is 6.61 Å². The Hall–Kier alpha value is -2.41. The first kappa shape index (κ1) is 17.9. The Morgan fingerprint density at radius 3 is 2.62 bits per heavy atom. The molecule has 0 aliphatic rings. The van der Waals surface area contributed by atoms with Gasteiger partial charge in [-0.25, -0.2) is 0 Å². The molecule has 2 rings (SSSR count). The Balaban J connectivity index is 1.93. The Morgan fingerprint density at radius 2 is 2.00 bits per heavy atom. The second-order valence-corrected chi connectivity index (χ2v) is 6.04. The van der Waals surface area contributed by atoms with Gasteiger partial charge in [0.25, 0.3) is 11.6 Å². The molecule has 0 bridgehead atoms. The van der Waals surface area contributed by atoms with Gasteiger partial charge in [0, 0.05) is 10.5 Å². The first-order valence-corrected chi connectivity index (χ1v) is 8.21. The van der Waals surface area contributed by atoms with Crippen molar-refractivity contribution in [3.05, 3.63) is 68.7 Å². The number of amides is 1. The molecule has 1 atom stereocenters. The Labute approximate surface area is 148 Å². The number of nitro benzene ring substituents is 1. The molecular weight excluding hydrogens is 376 g/mol. The number of hydrogen-bond donors (Lipinski definition) is 1. The number of non-ortho nitro benzene ring substituents is 1. The fourth-order valence-electron chi connectivity index (χ4n) is 2.19. The van der Waals surface area contributed by atoms with E-state index < -0.39 is 4.92 Å². The van der Waals surface area contributed by atoms with Gasteiger partial charge in [0.1, 0.15) is 5.75 Å². The molecule has 0 saturated heterocycles. The summed E-state index contributed by atoms with van der Waals surface area (Å²) in [6, 6.07) is 13.4.